The van der Waals surface area contributed by atoms with Crippen LogP contribution < -0.4 is 5.32 Å². The van der Waals surface area contributed by atoms with Crippen LogP contribution in [0.5, 0.6) is 0 Å². The molecule has 104 valence electrons. The van der Waals surface area contributed by atoms with Gasteiger partial charge in [-0.05, 0) is 18.7 Å². The van der Waals surface area contributed by atoms with Crippen molar-refractivity contribution in [1.29, 1.82) is 0 Å². The highest BCUT2D eigenvalue weighted by Crippen LogP contribution is 2.20. The van der Waals surface area contributed by atoms with Crippen LogP contribution in [-0.4, -0.2) is 44.2 Å². The second-order valence-corrected chi connectivity index (χ2v) is 5.68. The van der Waals surface area contributed by atoms with Crippen molar-refractivity contribution in [3.8, 4) is 0 Å². The van der Waals surface area contributed by atoms with Gasteiger partial charge in [0.1, 0.15) is 0 Å². The first-order chi connectivity index (χ1) is 9.13. The molecule has 0 bridgehead atoms. The van der Waals surface area contributed by atoms with Crippen LogP contribution in [0.15, 0.2) is 28.7 Å². The summed E-state index contributed by atoms with van der Waals surface area (Å²) in [5.41, 5.74) is 1.11. The molecule has 2 rings (SSSR count). The van der Waals surface area contributed by atoms with Crippen molar-refractivity contribution >= 4 is 21.8 Å². The fraction of sp³-hybridized carbons (Fsp3) is 0.500. The molecule has 1 heterocycles. The van der Waals surface area contributed by atoms with Crippen LogP contribution in [-0.2, 0) is 16.1 Å². The monoisotopic (exact) mass is 326 g/mol. The van der Waals surface area contributed by atoms with E-state index in [9.17, 15) is 4.79 Å². The van der Waals surface area contributed by atoms with E-state index in [1.165, 1.54) is 0 Å². The second kappa shape index (κ2) is 6.50. The predicted molar refractivity (Wildman–Crippen MR) is 77.8 cm³/mol. The van der Waals surface area contributed by atoms with E-state index < -0.39 is 0 Å². The minimum absolute atomic E-state index is 0.0857. The molecule has 0 radical (unpaired) electrons. The zero-order valence-corrected chi connectivity index (χ0v) is 12.8. The number of nitrogens with zero attached hydrogens (tertiary/aromatic N) is 1. The number of benzene rings is 1. The van der Waals surface area contributed by atoms with Gasteiger partial charge in [-0.25, -0.2) is 0 Å². The molecule has 1 aromatic carbocycles. The molecule has 19 heavy (non-hydrogen) atoms. The van der Waals surface area contributed by atoms with Crippen LogP contribution in [0, 0.1) is 5.92 Å². The lowest BCUT2D eigenvalue weighted by Gasteiger charge is -2.24. The van der Waals surface area contributed by atoms with Gasteiger partial charge >= 0.3 is 0 Å². The summed E-state index contributed by atoms with van der Waals surface area (Å²) in [4.78, 5) is 14.2. The third-order valence-corrected chi connectivity index (χ3v) is 4.28. The van der Waals surface area contributed by atoms with Gasteiger partial charge in [0.15, 0.2) is 0 Å². The lowest BCUT2D eigenvalue weighted by molar-refractivity contribution is -0.135. The highest BCUT2D eigenvalue weighted by Gasteiger charge is 2.34. The lowest BCUT2D eigenvalue weighted by atomic mass is 10.0. The number of halogens is 1. The molecule has 1 fully saturated rings. The van der Waals surface area contributed by atoms with E-state index in [0.717, 1.165) is 10.0 Å². The van der Waals surface area contributed by atoms with E-state index in [1.54, 1.807) is 4.90 Å². The molecule has 5 heteroatoms. The summed E-state index contributed by atoms with van der Waals surface area (Å²) in [5, 5.41) is 3.14. The van der Waals surface area contributed by atoms with Crippen molar-refractivity contribution in [2.45, 2.75) is 12.6 Å². The first kappa shape index (κ1) is 14.5. The fourth-order valence-corrected chi connectivity index (χ4v) is 2.74. The number of amides is 1. The third-order valence-electron chi connectivity index (χ3n) is 3.51. The van der Waals surface area contributed by atoms with Gasteiger partial charge in [0.2, 0.25) is 5.91 Å². The van der Waals surface area contributed by atoms with Crippen molar-refractivity contribution < 1.29 is 9.53 Å². The number of hydrogen-bond acceptors (Lipinski definition) is 3. The summed E-state index contributed by atoms with van der Waals surface area (Å²) in [7, 11) is 3.71. The van der Waals surface area contributed by atoms with E-state index in [-0.39, 0.29) is 17.9 Å². The van der Waals surface area contributed by atoms with Crippen molar-refractivity contribution in [2.24, 2.45) is 5.92 Å². The van der Waals surface area contributed by atoms with Crippen LogP contribution in [0.25, 0.3) is 0 Å². The van der Waals surface area contributed by atoms with Crippen molar-refractivity contribution in [3.63, 3.8) is 0 Å². The van der Waals surface area contributed by atoms with Crippen LogP contribution in [0.4, 0.5) is 0 Å². The summed E-state index contributed by atoms with van der Waals surface area (Å²) >= 11 is 3.51. The molecule has 1 saturated heterocycles. The van der Waals surface area contributed by atoms with Gasteiger partial charge in [-0.15, -0.1) is 0 Å². The zero-order chi connectivity index (χ0) is 13.8. The van der Waals surface area contributed by atoms with E-state index in [0.29, 0.717) is 19.8 Å². The Morgan fingerprint density at radius 3 is 2.89 bits per heavy atom. The molecule has 1 aliphatic rings. The maximum absolute atomic E-state index is 12.4. The maximum Gasteiger partial charge on any atom is 0.229 e. The molecule has 0 aliphatic carbocycles. The van der Waals surface area contributed by atoms with Gasteiger partial charge in [0.25, 0.3) is 0 Å². The number of ether oxygens (including phenoxy) is 1. The molecule has 4 nitrogen and oxygen atoms in total. The molecular formula is C14H19BrN2O2. The number of rotatable bonds is 4. The molecular weight excluding hydrogens is 308 g/mol. The Kier molecular flexibility index (Phi) is 4.96. The quantitative estimate of drug-likeness (QED) is 0.914. The highest BCUT2D eigenvalue weighted by atomic mass is 79.9. The Bertz CT molecular complexity index is 453. The Balaban J connectivity index is 2.02. The van der Waals surface area contributed by atoms with E-state index in [1.807, 2.05) is 38.4 Å². The van der Waals surface area contributed by atoms with Crippen LogP contribution in [0.3, 0.4) is 0 Å². The minimum Gasteiger partial charge on any atom is -0.379 e. The topological polar surface area (TPSA) is 41.6 Å². The number of carbonyl (C=O) groups is 1. The number of nitrogens with one attached hydrogen (secondary N) is 1. The van der Waals surface area contributed by atoms with Crippen LogP contribution >= 0.6 is 15.9 Å². The standard InChI is InChI=1S/C14H19BrN2O2/c1-16-13-9-19-8-11(13)14(18)17(2)7-10-5-3-4-6-12(10)15/h3-6,11,13,16H,7-9H2,1-2H3. The van der Waals surface area contributed by atoms with Crippen molar-refractivity contribution in [3.05, 3.63) is 34.3 Å². The first-order valence-electron chi connectivity index (χ1n) is 6.37. The summed E-state index contributed by atoms with van der Waals surface area (Å²) < 4.78 is 6.42. The average molecular weight is 327 g/mol. The van der Waals surface area contributed by atoms with E-state index in [4.69, 9.17) is 4.74 Å². The van der Waals surface area contributed by atoms with Crippen LogP contribution in [0.2, 0.25) is 0 Å². The van der Waals surface area contributed by atoms with Crippen LogP contribution in [0.1, 0.15) is 5.56 Å². The Hall–Kier alpha value is -0.910. The maximum atomic E-state index is 12.4. The number of likely N-dealkylation sites (N-methyl/N-ethyl adjacent to an activating group) is 1. The van der Waals surface area contributed by atoms with Gasteiger partial charge in [-0.2, -0.15) is 0 Å². The Labute approximate surface area is 122 Å². The lowest BCUT2D eigenvalue weighted by Crippen LogP contribution is -2.43. The number of hydrogen-bond donors (Lipinski definition) is 1. The molecule has 1 amide bonds. The van der Waals surface area contributed by atoms with Gasteiger partial charge in [0, 0.05) is 24.1 Å². The first-order valence-corrected chi connectivity index (χ1v) is 7.16. The Morgan fingerprint density at radius 2 is 2.21 bits per heavy atom. The van der Waals surface area contributed by atoms with Crippen molar-refractivity contribution in [2.75, 3.05) is 27.3 Å². The zero-order valence-electron chi connectivity index (χ0n) is 11.2. The molecule has 1 aromatic rings. The molecule has 2 atom stereocenters. The molecule has 0 saturated carbocycles. The van der Waals surface area contributed by atoms with Gasteiger partial charge in [-0.3, -0.25) is 4.79 Å². The molecule has 0 spiro atoms. The SMILES string of the molecule is CNC1COCC1C(=O)N(C)Cc1ccccc1Br. The molecule has 0 aromatic heterocycles. The molecule has 1 aliphatic heterocycles. The second-order valence-electron chi connectivity index (χ2n) is 4.82. The van der Waals surface area contributed by atoms with Gasteiger partial charge in [-0.1, -0.05) is 34.1 Å². The fourth-order valence-electron chi connectivity index (χ4n) is 2.33. The predicted octanol–water partition coefficient (Wildman–Crippen LogP) is 1.64. The molecule has 2 unspecified atom stereocenters. The molecule has 1 N–H and O–H groups in total. The minimum atomic E-state index is -0.0857. The highest BCUT2D eigenvalue weighted by molar-refractivity contribution is 9.10. The third kappa shape index (κ3) is 3.35. The van der Waals surface area contributed by atoms with Gasteiger partial charge in [0.05, 0.1) is 19.1 Å². The smallest absolute Gasteiger partial charge is 0.229 e. The normalized spacial score (nSPS) is 22.5. The number of carbonyl (C=O) groups excluding carboxylic acids is 1. The summed E-state index contributed by atoms with van der Waals surface area (Å²) in [6.45, 7) is 1.72. The summed E-state index contributed by atoms with van der Waals surface area (Å²) in [5.74, 6) is 0.0464. The van der Waals surface area contributed by atoms with E-state index >= 15 is 0 Å². The van der Waals surface area contributed by atoms with Gasteiger partial charge < -0.3 is 15.0 Å². The Morgan fingerprint density at radius 1 is 1.47 bits per heavy atom. The van der Waals surface area contributed by atoms with E-state index in [2.05, 4.69) is 21.2 Å². The largest absolute Gasteiger partial charge is 0.379 e. The summed E-state index contributed by atoms with van der Waals surface area (Å²) in [6.07, 6.45) is 0. The summed E-state index contributed by atoms with van der Waals surface area (Å²) in [6, 6.07) is 8.08. The van der Waals surface area contributed by atoms with Crippen molar-refractivity contribution in [1.82, 2.24) is 10.2 Å². The average Bonchev–Trinajstić information content (AvgIpc) is 2.88.